The van der Waals surface area contributed by atoms with Gasteiger partial charge in [-0.2, -0.15) is 0 Å². The summed E-state index contributed by atoms with van der Waals surface area (Å²) in [6.07, 6.45) is 0.834. The van der Waals surface area contributed by atoms with Gasteiger partial charge in [-0.25, -0.2) is 9.98 Å². The molecule has 0 saturated heterocycles. The van der Waals surface area contributed by atoms with Gasteiger partial charge in [0.25, 0.3) is 0 Å². The van der Waals surface area contributed by atoms with Gasteiger partial charge in [-0.15, -0.1) is 11.6 Å². The predicted molar refractivity (Wildman–Crippen MR) is 53.2 cm³/mol. The van der Waals surface area contributed by atoms with Crippen LogP contribution in [0.2, 0.25) is 0 Å². The van der Waals surface area contributed by atoms with Crippen molar-refractivity contribution in [3.63, 3.8) is 0 Å². The van der Waals surface area contributed by atoms with Crippen molar-refractivity contribution in [2.45, 2.75) is 18.8 Å². The van der Waals surface area contributed by atoms with Gasteiger partial charge in [0.2, 0.25) is 0 Å². The number of nitrogens with zero attached hydrogens (tertiary/aromatic N) is 3. The third-order valence-corrected chi connectivity index (χ3v) is 1.95. The maximum Gasteiger partial charge on any atom is 0.0892 e. The van der Waals surface area contributed by atoms with Gasteiger partial charge in [-0.3, -0.25) is 4.90 Å². The van der Waals surface area contributed by atoms with Gasteiger partial charge in [0.05, 0.1) is 18.1 Å². The van der Waals surface area contributed by atoms with E-state index in [-0.39, 0.29) is 5.50 Å². The minimum absolute atomic E-state index is 0.0529. The van der Waals surface area contributed by atoms with Crippen molar-refractivity contribution in [2.24, 2.45) is 9.98 Å². The van der Waals surface area contributed by atoms with E-state index in [0.717, 1.165) is 13.0 Å². The molecule has 0 heterocycles. The van der Waals surface area contributed by atoms with Crippen molar-refractivity contribution in [3.8, 4) is 0 Å². The summed E-state index contributed by atoms with van der Waals surface area (Å²) in [4.78, 5) is 9.75. The van der Waals surface area contributed by atoms with Crippen LogP contribution in [0.15, 0.2) is 9.98 Å². The van der Waals surface area contributed by atoms with Crippen LogP contribution < -0.4 is 0 Å². The molecular formula is C8H16ClN3. The largest absolute Gasteiger partial charge is 0.294 e. The molecular weight excluding hydrogens is 174 g/mol. The Kier molecular flexibility index (Phi) is 7.06. The maximum atomic E-state index is 5.94. The fraction of sp³-hybridized carbons (Fsp3) is 0.875. The SMILES string of the molecule is CCN=C=NCCC(Cl)N(C)C. The standard InChI is InChI=1S/C8H16ClN3/c1-4-10-7-11-6-5-8(9)12(2)3/h8H,4-6H2,1-3H3. The molecule has 0 aromatic heterocycles. The smallest absolute Gasteiger partial charge is 0.0892 e. The number of rotatable bonds is 5. The van der Waals surface area contributed by atoms with Crippen LogP contribution >= 0.6 is 11.6 Å². The highest BCUT2D eigenvalue weighted by Crippen LogP contribution is 2.03. The number of hydrogen-bond donors (Lipinski definition) is 0. The molecule has 0 radical (unpaired) electrons. The Balaban J connectivity index is 3.49. The minimum atomic E-state index is 0.0529. The zero-order valence-corrected chi connectivity index (χ0v) is 8.67. The van der Waals surface area contributed by atoms with Crippen molar-refractivity contribution in [3.05, 3.63) is 0 Å². The number of halogens is 1. The Labute approximate surface area is 79.1 Å². The highest BCUT2D eigenvalue weighted by atomic mass is 35.5. The first-order valence-corrected chi connectivity index (χ1v) is 4.50. The molecule has 0 aliphatic heterocycles. The van der Waals surface area contributed by atoms with Crippen LogP contribution in [-0.4, -0.2) is 43.6 Å². The predicted octanol–water partition coefficient (Wildman–Crippen LogP) is 1.70. The van der Waals surface area contributed by atoms with Gasteiger partial charge in [0.15, 0.2) is 0 Å². The number of hydrogen-bond acceptors (Lipinski definition) is 3. The Morgan fingerprint density at radius 3 is 2.58 bits per heavy atom. The fourth-order valence-corrected chi connectivity index (χ4v) is 0.698. The molecule has 0 aliphatic carbocycles. The van der Waals surface area contributed by atoms with E-state index in [1.807, 2.05) is 25.9 Å². The van der Waals surface area contributed by atoms with Crippen LogP contribution in [0, 0.1) is 0 Å². The first-order valence-electron chi connectivity index (χ1n) is 4.07. The molecule has 0 fully saturated rings. The summed E-state index contributed by atoms with van der Waals surface area (Å²) in [6, 6.07) is 2.60. The summed E-state index contributed by atoms with van der Waals surface area (Å²) in [5, 5.41) is 0. The van der Waals surface area contributed by atoms with Crippen LogP contribution in [0.5, 0.6) is 0 Å². The molecule has 70 valence electrons. The van der Waals surface area contributed by atoms with Crippen molar-refractivity contribution < 1.29 is 0 Å². The van der Waals surface area contributed by atoms with Crippen molar-refractivity contribution >= 4 is 17.6 Å². The van der Waals surface area contributed by atoms with Gasteiger partial charge in [0, 0.05) is 6.54 Å². The van der Waals surface area contributed by atoms with E-state index in [1.54, 1.807) is 0 Å². The summed E-state index contributed by atoms with van der Waals surface area (Å²) in [6.45, 7) is 3.38. The molecule has 4 heteroatoms. The van der Waals surface area contributed by atoms with E-state index >= 15 is 0 Å². The lowest BCUT2D eigenvalue weighted by molar-refractivity contribution is 0.364. The monoisotopic (exact) mass is 189 g/mol. The molecule has 1 unspecified atom stereocenters. The van der Waals surface area contributed by atoms with Crippen molar-refractivity contribution in [2.75, 3.05) is 27.2 Å². The quantitative estimate of drug-likeness (QED) is 0.368. The van der Waals surface area contributed by atoms with E-state index in [4.69, 9.17) is 11.6 Å². The third kappa shape index (κ3) is 6.35. The lowest BCUT2D eigenvalue weighted by atomic mass is 10.4. The first-order chi connectivity index (χ1) is 5.68. The van der Waals surface area contributed by atoms with E-state index in [0.29, 0.717) is 6.54 Å². The Hall–Kier alpha value is -0.370. The van der Waals surface area contributed by atoms with Gasteiger partial charge < -0.3 is 0 Å². The van der Waals surface area contributed by atoms with Crippen molar-refractivity contribution in [1.29, 1.82) is 0 Å². The van der Waals surface area contributed by atoms with E-state index in [9.17, 15) is 0 Å². The zero-order chi connectivity index (χ0) is 9.40. The second-order valence-electron chi connectivity index (χ2n) is 2.64. The summed E-state index contributed by atoms with van der Waals surface area (Å²) >= 11 is 5.94. The molecule has 0 aliphatic rings. The molecule has 0 rings (SSSR count). The Bertz CT molecular complexity index is 162. The van der Waals surface area contributed by atoms with Gasteiger partial charge in [-0.05, 0) is 27.4 Å². The van der Waals surface area contributed by atoms with Crippen LogP contribution in [0.4, 0.5) is 0 Å². The topological polar surface area (TPSA) is 28.0 Å². The number of aliphatic imine (C=N–C) groups is 2. The first kappa shape index (κ1) is 11.6. The third-order valence-electron chi connectivity index (χ3n) is 1.34. The molecule has 1 atom stereocenters. The van der Waals surface area contributed by atoms with E-state index < -0.39 is 0 Å². The molecule has 0 spiro atoms. The fourth-order valence-electron chi connectivity index (χ4n) is 0.600. The summed E-state index contributed by atoms with van der Waals surface area (Å²) < 4.78 is 0. The normalized spacial score (nSPS) is 12.4. The number of alkyl halides is 1. The highest BCUT2D eigenvalue weighted by molar-refractivity contribution is 6.20. The molecule has 0 amide bonds. The van der Waals surface area contributed by atoms with Gasteiger partial charge in [0.1, 0.15) is 0 Å². The lowest BCUT2D eigenvalue weighted by Crippen LogP contribution is -2.22. The average molecular weight is 190 g/mol. The molecule has 0 N–H and O–H groups in total. The highest BCUT2D eigenvalue weighted by Gasteiger charge is 2.04. The minimum Gasteiger partial charge on any atom is -0.294 e. The Morgan fingerprint density at radius 1 is 1.42 bits per heavy atom. The van der Waals surface area contributed by atoms with E-state index in [2.05, 4.69) is 16.0 Å². The van der Waals surface area contributed by atoms with Crippen molar-refractivity contribution in [1.82, 2.24) is 4.90 Å². The van der Waals surface area contributed by atoms with E-state index in [1.165, 1.54) is 0 Å². The summed E-state index contributed by atoms with van der Waals surface area (Å²) in [5.74, 6) is 0. The lowest BCUT2D eigenvalue weighted by Gasteiger charge is -2.15. The Morgan fingerprint density at radius 2 is 2.08 bits per heavy atom. The van der Waals surface area contributed by atoms with Crippen LogP contribution in [0.25, 0.3) is 0 Å². The summed E-state index contributed by atoms with van der Waals surface area (Å²) in [7, 11) is 3.89. The molecule has 0 bridgehead atoms. The zero-order valence-electron chi connectivity index (χ0n) is 7.92. The van der Waals surface area contributed by atoms with Crippen LogP contribution in [-0.2, 0) is 0 Å². The van der Waals surface area contributed by atoms with Gasteiger partial charge in [-0.1, -0.05) is 0 Å². The summed E-state index contributed by atoms with van der Waals surface area (Å²) in [5.41, 5.74) is 0.0529. The molecule has 0 aromatic carbocycles. The average Bonchev–Trinajstić information content (AvgIpc) is 2.03. The van der Waals surface area contributed by atoms with Crippen LogP contribution in [0.3, 0.4) is 0 Å². The van der Waals surface area contributed by atoms with Crippen LogP contribution in [0.1, 0.15) is 13.3 Å². The molecule has 0 saturated carbocycles. The second kappa shape index (κ2) is 7.29. The second-order valence-corrected chi connectivity index (χ2v) is 3.15. The molecule has 0 aromatic rings. The molecule has 3 nitrogen and oxygen atoms in total. The molecule has 12 heavy (non-hydrogen) atoms. The maximum absolute atomic E-state index is 5.94. The van der Waals surface area contributed by atoms with Gasteiger partial charge >= 0.3 is 0 Å².